The molecule has 2 rings (SSSR count). The number of methoxy groups -OCH3 is 1. The molecule has 0 bridgehead atoms. The van der Waals surface area contributed by atoms with Gasteiger partial charge in [-0.3, -0.25) is 4.79 Å². The van der Waals surface area contributed by atoms with Crippen molar-refractivity contribution >= 4 is 27.7 Å². The summed E-state index contributed by atoms with van der Waals surface area (Å²) < 4.78 is 36.5. The van der Waals surface area contributed by atoms with Gasteiger partial charge in [-0.15, -0.1) is 0 Å². The van der Waals surface area contributed by atoms with Crippen molar-refractivity contribution in [3.63, 3.8) is 0 Å². The van der Waals surface area contributed by atoms with Crippen molar-refractivity contribution in [1.29, 1.82) is 0 Å². The zero-order valence-electron chi connectivity index (χ0n) is 14.3. The molecule has 2 heterocycles. The molecule has 0 aliphatic carbocycles. The van der Waals surface area contributed by atoms with Crippen molar-refractivity contribution in [2.45, 2.75) is 22.9 Å². The Morgan fingerprint density at radius 3 is 2.76 bits per heavy atom. The van der Waals surface area contributed by atoms with Gasteiger partial charge in [-0.25, -0.2) is 13.4 Å². The van der Waals surface area contributed by atoms with E-state index in [2.05, 4.69) is 10.3 Å². The minimum Gasteiger partial charge on any atom is -0.383 e. The van der Waals surface area contributed by atoms with Crippen LogP contribution in [0.2, 0.25) is 0 Å². The van der Waals surface area contributed by atoms with Crippen LogP contribution in [0.25, 0.3) is 0 Å². The molecule has 0 radical (unpaired) electrons. The molecule has 0 aromatic carbocycles. The second kappa shape index (κ2) is 9.48. The van der Waals surface area contributed by atoms with Gasteiger partial charge in [0.05, 0.1) is 30.6 Å². The van der Waals surface area contributed by atoms with E-state index in [4.69, 9.17) is 9.47 Å². The van der Waals surface area contributed by atoms with Gasteiger partial charge in [0, 0.05) is 32.4 Å². The summed E-state index contributed by atoms with van der Waals surface area (Å²) in [5.41, 5.74) is 0. The highest BCUT2D eigenvalue weighted by Gasteiger charge is 2.26. The first kappa shape index (κ1) is 20.1. The van der Waals surface area contributed by atoms with E-state index < -0.39 is 10.0 Å². The zero-order chi connectivity index (χ0) is 18.3. The van der Waals surface area contributed by atoms with Crippen molar-refractivity contribution in [2.24, 2.45) is 0 Å². The van der Waals surface area contributed by atoms with E-state index in [1.54, 1.807) is 13.2 Å². The van der Waals surface area contributed by atoms with E-state index in [-0.39, 0.29) is 22.6 Å². The van der Waals surface area contributed by atoms with Crippen molar-refractivity contribution in [3.05, 3.63) is 18.3 Å². The van der Waals surface area contributed by atoms with Crippen LogP contribution in [0.3, 0.4) is 0 Å². The normalized spacial score (nSPS) is 17.2. The fraction of sp³-hybridized carbons (Fsp3) is 0.600. The molecule has 1 saturated heterocycles. The molecule has 1 amide bonds. The maximum atomic E-state index is 12.5. The average Bonchev–Trinajstić information content (AvgIpc) is 2.61. The van der Waals surface area contributed by atoms with Gasteiger partial charge < -0.3 is 14.8 Å². The van der Waals surface area contributed by atoms with Gasteiger partial charge in [0.25, 0.3) is 0 Å². The summed E-state index contributed by atoms with van der Waals surface area (Å²) in [4.78, 5) is 16.1. The third-order valence-corrected chi connectivity index (χ3v) is 6.32. The Morgan fingerprint density at radius 2 is 2.16 bits per heavy atom. The Kier molecular flexibility index (Phi) is 7.63. The predicted octanol–water partition coefficient (Wildman–Crippen LogP) is 0.346. The first-order chi connectivity index (χ1) is 11.9. The number of ether oxygens (including phenoxy) is 2. The Hall–Kier alpha value is -1.20. The molecular formula is C15H23N3O5S2. The fourth-order valence-electron chi connectivity index (χ4n) is 2.29. The smallest absolute Gasteiger partial charge is 0.244 e. The number of sulfonamides is 1. The largest absolute Gasteiger partial charge is 0.383 e. The van der Waals surface area contributed by atoms with Crippen LogP contribution in [0.5, 0.6) is 0 Å². The summed E-state index contributed by atoms with van der Waals surface area (Å²) >= 11 is 1.25. The molecule has 0 unspecified atom stereocenters. The summed E-state index contributed by atoms with van der Waals surface area (Å²) in [7, 11) is -1.97. The van der Waals surface area contributed by atoms with Crippen LogP contribution in [0, 0.1) is 0 Å². The number of hydrogen-bond donors (Lipinski definition) is 1. The number of pyridine rings is 1. The zero-order valence-corrected chi connectivity index (χ0v) is 15.9. The third kappa shape index (κ3) is 5.93. The lowest BCUT2D eigenvalue weighted by Crippen LogP contribution is -2.40. The maximum absolute atomic E-state index is 12.5. The van der Waals surface area contributed by atoms with Gasteiger partial charge in [-0.2, -0.15) is 4.31 Å². The quantitative estimate of drug-likeness (QED) is 0.641. The summed E-state index contributed by atoms with van der Waals surface area (Å²) in [6, 6.07) is 3.07. The Balaban J connectivity index is 1.90. The lowest BCUT2D eigenvalue weighted by molar-refractivity contribution is -0.119. The molecule has 1 aromatic rings. The molecule has 140 valence electrons. The van der Waals surface area contributed by atoms with E-state index in [0.29, 0.717) is 37.9 Å². The van der Waals surface area contributed by atoms with Gasteiger partial charge in [0.2, 0.25) is 15.9 Å². The Labute approximate surface area is 152 Å². The summed E-state index contributed by atoms with van der Waals surface area (Å²) in [5, 5.41) is 3.40. The van der Waals surface area contributed by atoms with E-state index >= 15 is 0 Å². The number of hydrogen-bond acceptors (Lipinski definition) is 7. The number of carbonyl (C=O) groups excluding carboxylic acids is 1. The van der Waals surface area contributed by atoms with Gasteiger partial charge in [-0.05, 0) is 19.1 Å². The molecule has 25 heavy (non-hydrogen) atoms. The average molecular weight is 389 g/mol. The highest BCUT2D eigenvalue weighted by atomic mass is 32.2. The number of rotatable bonds is 8. The van der Waals surface area contributed by atoms with Crippen molar-refractivity contribution in [2.75, 3.05) is 45.8 Å². The minimum absolute atomic E-state index is 0.0629. The molecule has 8 nitrogen and oxygen atoms in total. The van der Waals surface area contributed by atoms with E-state index in [9.17, 15) is 13.2 Å². The van der Waals surface area contributed by atoms with E-state index in [1.807, 2.05) is 6.92 Å². The minimum atomic E-state index is -3.54. The van der Waals surface area contributed by atoms with Gasteiger partial charge in [-0.1, -0.05) is 11.8 Å². The second-order valence-corrected chi connectivity index (χ2v) is 8.49. The lowest BCUT2D eigenvalue weighted by Gasteiger charge is -2.25. The Bertz CT molecular complexity index is 660. The van der Waals surface area contributed by atoms with Crippen LogP contribution < -0.4 is 5.32 Å². The lowest BCUT2D eigenvalue weighted by atomic mass is 10.3. The summed E-state index contributed by atoms with van der Waals surface area (Å²) in [6.45, 7) is 3.80. The fourth-order valence-corrected chi connectivity index (χ4v) is 4.30. The van der Waals surface area contributed by atoms with E-state index in [1.165, 1.54) is 28.3 Å². The Morgan fingerprint density at radius 1 is 1.44 bits per heavy atom. The molecule has 1 N–H and O–H groups in total. The van der Waals surface area contributed by atoms with Crippen molar-refractivity contribution in [1.82, 2.24) is 14.6 Å². The molecule has 1 aliphatic rings. The monoisotopic (exact) mass is 389 g/mol. The number of nitrogens with zero attached hydrogens (tertiary/aromatic N) is 2. The van der Waals surface area contributed by atoms with Gasteiger partial charge in [0.15, 0.2) is 0 Å². The van der Waals surface area contributed by atoms with E-state index in [0.717, 1.165) is 0 Å². The van der Waals surface area contributed by atoms with Crippen LogP contribution in [0.15, 0.2) is 28.3 Å². The van der Waals surface area contributed by atoms with Gasteiger partial charge in [0.1, 0.15) is 4.90 Å². The van der Waals surface area contributed by atoms with Crippen molar-refractivity contribution in [3.8, 4) is 0 Å². The number of morpholine rings is 1. The van der Waals surface area contributed by atoms with Crippen LogP contribution in [0.1, 0.15) is 6.92 Å². The van der Waals surface area contributed by atoms with Gasteiger partial charge >= 0.3 is 0 Å². The topological polar surface area (TPSA) is 97.8 Å². The molecule has 0 saturated carbocycles. The molecular weight excluding hydrogens is 366 g/mol. The maximum Gasteiger partial charge on any atom is 0.244 e. The molecule has 10 heteroatoms. The summed E-state index contributed by atoms with van der Waals surface area (Å²) in [5.74, 6) is 0.0812. The molecule has 1 fully saturated rings. The first-order valence-corrected chi connectivity index (χ1v) is 10.3. The standard InChI is InChI=1S/C15H23N3O5S2/c1-12(10-22-2)17-14(19)11-24-15-4-3-13(9-16-15)25(20,21)18-5-7-23-8-6-18/h3-4,9,12H,5-8,10-11H2,1-2H3,(H,17,19)/t12-/m0/s1. The predicted molar refractivity (Wildman–Crippen MR) is 94.0 cm³/mol. The van der Waals surface area contributed by atoms with Crippen LogP contribution in [-0.4, -0.2) is 75.4 Å². The highest BCUT2D eigenvalue weighted by Crippen LogP contribution is 2.20. The molecule has 1 atom stereocenters. The van der Waals surface area contributed by atoms with Crippen LogP contribution >= 0.6 is 11.8 Å². The SMILES string of the molecule is COC[C@H](C)NC(=O)CSc1ccc(S(=O)(=O)N2CCOCC2)cn1. The van der Waals surface area contributed by atoms with Crippen LogP contribution in [-0.2, 0) is 24.3 Å². The third-order valence-electron chi connectivity index (χ3n) is 3.49. The number of nitrogens with one attached hydrogen (secondary N) is 1. The molecule has 1 aliphatic heterocycles. The summed E-state index contributed by atoms with van der Waals surface area (Å²) in [6.07, 6.45) is 1.33. The van der Waals surface area contributed by atoms with Crippen LogP contribution in [0.4, 0.5) is 0 Å². The number of amides is 1. The molecule has 0 spiro atoms. The number of aromatic nitrogens is 1. The second-order valence-electron chi connectivity index (χ2n) is 5.56. The highest BCUT2D eigenvalue weighted by molar-refractivity contribution is 7.99. The van der Waals surface area contributed by atoms with Crippen molar-refractivity contribution < 1.29 is 22.7 Å². The number of thioether (sulfide) groups is 1. The molecule has 1 aromatic heterocycles. The number of carbonyl (C=O) groups is 1. The first-order valence-electron chi connectivity index (χ1n) is 7.88.